The van der Waals surface area contributed by atoms with Gasteiger partial charge in [0, 0.05) is 11.1 Å². The van der Waals surface area contributed by atoms with Crippen molar-refractivity contribution in [3.63, 3.8) is 0 Å². The maximum Gasteiger partial charge on any atom is 0.240 e. The molecule has 6 heteroatoms. The molecule has 0 atom stereocenters. The first-order valence-corrected chi connectivity index (χ1v) is 6.67. The van der Waals surface area contributed by atoms with Gasteiger partial charge in [-0.2, -0.15) is 4.99 Å². The van der Waals surface area contributed by atoms with E-state index in [0.29, 0.717) is 34.1 Å². The quantitative estimate of drug-likeness (QED) is 0.466. The molecule has 0 spiro atoms. The lowest BCUT2D eigenvalue weighted by atomic mass is 10.0. The Morgan fingerprint density at radius 2 is 1.61 bits per heavy atom. The van der Waals surface area contributed by atoms with Crippen LogP contribution >= 0.6 is 0 Å². The summed E-state index contributed by atoms with van der Waals surface area (Å²) < 4.78 is 15.7. The third kappa shape index (κ3) is 3.39. The van der Waals surface area contributed by atoms with Crippen LogP contribution in [0.15, 0.2) is 41.4 Å². The van der Waals surface area contributed by atoms with Crippen molar-refractivity contribution in [2.45, 2.75) is 0 Å². The van der Waals surface area contributed by atoms with Gasteiger partial charge in [0.2, 0.25) is 11.8 Å². The number of methoxy groups -OCH3 is 3. The number of nitrogens with zero attached hydrogens (tertiary/aromatic N) is 1. The van der Waals surface area contributed by atoms with Crippen molar-refractivity contribution in [1.82, 2.24) is 0 Å². The van der Waals surface area contributed by atoms with Crippen LogP contribution in [0, 0.1) is 0 Å². The highest BCUT2D eigenvalue weighted by Crippen LogP contribution is 2.38. The van der Waals surface area contributed by atoms with Gasteiger partial charge in [-0.15, -0.1) is 0 Å². The van der Waals surface area contributed by atoms with Crippen LogP contribution in [-0.2, 0) is 4.79 Å². The lowest BCUT2D eigenvalue weighted by molar-refractivity contribution is 0.103. The third-order valence-corrected chi connectivity index (χ3v) is 3.21. The van der Waals surface area contributed by atoms with Crippen LogP contribution in [0.2, 0.25) is 0 Å². The van der Waals surface area contributed by atoms with Gasteiger partial charge < -0.3 is 14.2 Å². The van der Waals surface area contributed by atoms with E-state index in [9.17, 15) is 9.59 Å². The van der Waals surface area contributed by atoms with Crippen molar-refractivity contribution in [2.24, 2.45) is 4.99 Å². The Hall–Kier alpha value is -3.11. The zero-order valence-electron chi connectivity index (χ0n) is 13.0. The smallest absolute Gasteiger partial charge is 0.240 e. The molecule has 0 heterocycles. The Morgan fingerprint density at radius 3 is 2.13 bits per heavy atom. The molecule has 6 nitrogen and oxygen atoms in total. The van der Waals surface area contributed by atoms with Crippen LogP contribution in [0.4, 0.5) is 5.69 Å². The van der Waals surface area contributed by atoms with E-state index in [2.05, 4.69) is 4.99 Å². The molecule has 0 unspecified atom stereocenters. The van der Waals surface area contributed by atoms with Crippen LogP contribution < -0.4 is 14.2 Å². The third-order valence-electron chi connectivity index (χ3n) is 3.21. The predicted octanol–water partition coefficient (Wildman–Crippen LogP) is 2.91. The van der Waals surface area contributed by atoms with Gasteiger partial charge in [0.1, 0.15) is 0 Å². The normalized spacial score (nSPS) is 9.70. The first-order valence-electron chi connectivity index (χ1n) is 6.67. The SMILES string of the molecule is COc1cc(C(=O)c2cccc(N=C=O)c2)cc(OC)c1OC. The van der Waals surface area contributed by atoms with E-state index in [1.165, 1.54) is 33.5 Å². The van der Waals surface area contributed by atoms with Crippen molar-refractivity contribution in [2.75, 3.05) is 21.3 Å². The second-order valence-electron chi connectivity index (χ2n) is 4.50. The van der Waals surface area contributed by atoms with Gasteiger partial charge in [-0.1, -0.05) is 12.1 Å². The first-order chi connectivity index (χ1) is 11.1. The van der Waals surface area contributed by atoms with E-state index in [1.807, 2.05) is 0 Å². The molecule has 0 bridgehead atoms. The van der Waals surface area contributed by atoms with Crippen molar-refractivity contribution >= 4 is 17.6 Å². The summed E-state index contributed by atoms with van der Waals surface area (Å²) in [5.41, 5.74) is 1.11. The maximum absolute atomic E-state index is 12.6. The Kier molecular flexibility index (Phi) is 5.12. The number of hydrogen-bond donors (Lipinski definition) is 0. The van der Waals surface area contributed by atoms with Crippen molar-refractivity contribution in [3.8, 4) is 17.2 Å². The number of benzene rings is 2. The predicted molar refractivity (Wildman–Crippen MR) is 83.8 cm³/mol. The van der Waals surface area contributed by atoms with Crippen molar-refractivity contribution in [1.29, 1.82) is 0 Å². The molecule has 2 aromatic carbocycles. The molecule has 0 N–H and O–H groups in total. The zero-order valence-corrected chi connectivity index (χ0v) is 13.0. The average molecular weight is 313 g/mol. The summed E-state index contributed by atoms with van der Waals surface area (Å²) in [6.45, 7) is 0. The molecule has 0 saturated heterocycles. The largest absolute Gasteiger partial charge is 0.493 e. The number of carbonyl (C=O) groups is 1. The van der Waals surface area contributed by atoms with Gasteiger partial charge >= 0.3 is 0 Å². The highest BCUT2D eigenvalue weighted by atomic mass is 16.5. The van der Waals surface area contributed by atoms with Gasteiger partial charge in [0.15, 0.2) is 17.3 Å². The second-order valence-corrected chi connectivity index (χ2v) is 4.50. The lowest BCUT2D eigenvalue weighted by Crippen LogP contribution is -2.04. The summed E-state index contributed by atoms with van der Waals surface area (Å²) in [7, 11) is 4.44. The number of carbonyl (C=O) groups excluding carboxylic acids is 2. The van der Waals surface area contributed by atoms with E-state index in [0.717, 1.165) is 0 Å². The van der Waals surface area contributed by atoms with Gasteiger partial charge in [0.05, 0.1) is 27.0 Å². The topological polar surface area (TPSA) is 74.2 Å². The standard InChI is InChI=1S/C17H15NO5/c1-21-14-8-12(9-15(22-2)17(14)23-3)16(20)11-5-4-6-13(7-11)18-10-19/h4-9H,1-3H3. The monoisotopic (exact) mass is 313 g/mol. The number of rotatable bonds is 6. The summed E-state index contributed by atoms with van der Waals surface area (Å²) in [6.07, 6.45) is 1.45. The van der Waals surface area contributed by atoms with E-state index in [-0.39, 0.29) is 5.78 Å². The molecule has 0 aliphatic heterocycles. The minimum absolute atomic E-state index is 0.257. The van der Waals surface area contributed by atoms with Gasteiger partial charge in [-0.25, -0.2) is 4.79 Å². The molecular formula is C17H15NO5. The fraction of sp³-hybridized carbons (Fsp3) is 0.176. The molecule has 2 rings (SSSR count). The molecule has 0 aliphatic carbocycles. The second kappa shape index (κ2) is 7.24. The summed E-state index contributed by atoms with van der Waals surface area (Å²) in [5, 5.41) is 0. The molecule has 23 heavy (non-hydrogen) atoms. The van der Waals surface area contributed by atoms with Crippen LogP contribution in [0.3, 0.4) is 0 Å². The Labute approximate surface area is 133 Å². The molecule has 0 aromatic heterocycles. The summed E-state index contributed by atoms with van der Waals surface area (Å²) in [5.74, 6) is 0.924. The van der Waals surface area contributed by atoms with Crippen molar-refractivity contribution in [3.05, 3.63) is 47.5 Å². The van der Waals surface area contributed by atoms with Gasteiger partial charge in [0.25, 0.3) is 0 Å². The zero-order chi connectivity index (χ0) is 16.8. The molecule has 0 fully saturated rings. The minimum Gasteiger partial charge on any atom is -0.493 e. The highest BCUT2D eigenvalue weighted by molar-refractivity contribution is 6.10. The fourth-order valence-corrected chi connectivity index (χ4v) is 2.15. The molecule has 118 valence electrons. The Morgan fingerprint density at radius 1 is 0.957 bits per heavy atom. The molecular weight excluding hydrogens is 298 g/mol. The van der Waals surface area contributed by atoms with E-state index >= 15 is 0 Å². The fourth-order valence-electron chi connectivity index (χ4n) is 2.15. The van der Waals surface area contributed by atoms with Crippen molar-refractivity contribution < 1.29 is 23.8 Å². The van der Waals surface area contributed by atoms with E-state index in [1.54, 1.807) is 30.3 Å². The average Bonchev–Trinajstić information content (AvgIpc) is 2.60. The lowest BCUT2D eigenvalue weighted by Gasteiger charge is -2.13. The Balaban J connectivity index is 2.51. The number of ether oxygens (including phenoxy) is 3. The highest BCUT2D eigenvalue weighted by Gasteiger charge is 2.18. The van der Waals surface area contributed by atoms with Crippen LogP contribution in [0.1, 0.15) is 15.9 Å². The first kappa shape index (κ1) is 16.3. The van der Waals surface area contributed by atoms with Crippen LogP contribution in [-0.4, -0.2) is 33.2 Å². The summed E-state index contributed by atoms with van der Waals surface area (Å²) >= 11 is 0. The summed E-state index contributed by atoms with van der Waals surface area (Å²) in [4.78, 5) is 26.5. The summed E-state index contributed by atoms with van der Waals surface area (Å²) in [6, 6.07) is 9.53. The molecule has 2 aromatic rings. The maximum atomic E-state index is 12.6. The molecule has 0 radical (unpaired) electrons. The van der Waals surface area contributed by atoms with E-state index < -0.39 is 0 Å². The number of isocyanates is 1. The number of aliphatic imine (C=N–C) groups is 1. The van der Waals surface area contributed by atoms with E-state index in [4.69, 9.17) is 14.2 Å². The van der Waals surface area contributed by atoms with Gasteiger partial charge in [-0.3, -0.25) is 4.79 Å². The van der Waals surface area contributed by atoms with Crippen LogP contribution in [0.25, 0.3) is 0 Å². The van der Waals surface area contributed by atoms with Gasteiger partial charge in [-0.05, 0) is 24.3 Å². The molecule has 0 saturated carbocycles. The number of hydrogen-bond acceptors (Lipinski definition) is 6. The molecule has 0 amide bonds. The molecule has 0 aliphatic rings. The minimum atomic E-state index is -0.257. The Bertz CT molecular complexity index is 753. The van der Waals surface area contributed by atoms with Crippen LogP contribution in [0.5, 0.6) is 17.2 Å². The number of ketones is 1.